The van der Waals surface area contributed by atoms with E-state index in [9.17, 15) is 9.90 Å². The molecule has 2 heteroatoms. The first-order valence-corrected chi connectivity index (χ1v) is 6.98. The van der Waals surface area contributed by atoms with Crippen LogP contribution in [0.4, 0.5) is 0 Å². The molecule has 2 nitrogen and oxygen atoms in total. The molecular formula is C16H22O2. The maximum Gasteiger partial charge on any atom is 0.194 e. The van der Waals surface area contributed by atoms with Gasteiger partial charge in [-0.05, 0) is 37.2 Å². The lowest BCUT2D eigenvalue weighted by Gasteiger charge is -2.26. The summed E-state index contributed by atoms with van der Waals surface area (Å²) in [5.74, 6) is 0.540. The van der Waals surface area contributed by atoms with Crippen molar-refractivity contribution in [2.75, 3.05) is 0 Å². The molecule has 0 atom stereocenters. The summed E-state index contributed by atoms with van der Waals surface area (Å²) in [6.07, 6.45) is 4.78. The highest BCUT2D eigenvalue weighted by Gasteiger charge is 2.32. The van der Waals surface area contributed by atoms with Crippen molar-refractivity contribution in [1.29, 1.82) is 0 Å². The van der Waals surface area contributed by atoms with E-state index >= 15 is 0 Å². The van der Waals surface area contributed by atoms with Gasteiger partial charge in [-0.25, -0.2) is 0 Å². The highest BCUT2D eigenvalue weighted by molar-refractivity contribution is 6.02. The highest BCUT2D eigenvalue weighted by Crippen LogP contribution is 2.36. The maximum atomic E-state index is 12.2. The molecule has 1 saturated carbocycles. The molecule has 0 aromatic heterocycles. The zero-order valence-electron chi connectivity index (χ0n) is 11.3. The Morgan fingerprint density at radius 1 is 1.22 bits per heavy atom. The molecular weight excluding hydrogens is 224 g/mol. The van der Waals surface area contributed by atoms with Gasteiger partial charge in [-0.3, -0.25) is 4.79 Å². The Balaban J connectivity index is 2.15. The molecule has 98 valence electrons. The molecule has 1 aliphatic rings. The van der Waals surface area contributed by atoms with Crippen molar-refractivity contribution in [2.24, 2.45) is 0 Å². The van der Waals surface area contributed by atoms with Crippen molar-refractivity contribution in [3.05, 3.63) is 35.4 Å². The Morgan fingerprint density at radius 3 is 2.17 bits per heavy atom. The number of carbonyl (C=O) groups is 1. The van der Waals surface area contributed by atoms with Crippen LogP contribution in [-0.4, -0.2) is 16.5 Å². The van der Waals surface area contributed by atoms with Gasteiger partial charge in [-0.1, -0.05) is 44.5 Å². The molecule has 0 bridgehead atoms. The van der Waals surface area contributed by atoms with Crippen LogP contribution in [0.2, 0.25) is 0 Å². The number of rotatable bonds is 5. The van der Waals surface area contributed by atoms with Gasteiger partial charge in [0.05, 0.1) is 0 Å². The summed E-state index contributed by atoms with van der Waals surface area (Å²) < 4.78 is 0. The Kier molecular flexibility index (Phi) is 3.86. The predicted octanol–water partition coefficient (Wildman–Crippen LogP) is 3.69. The topological polar surface area (TPSA) is 37.3 Å². The number of aliphatic hydroxyl groups is 1. The fourth-order valence-electron chi connectivity index (χ4n) is 2.49. The maximum absolute atomic E-state index is 12.2. The molecule has 1 N–H and O–H groups in total. The van der Waals surface area contributed by atoms with Crippen molar-refractivity contribution in [3.8, 4) is 0 Å². The summed E-state index contributed by atoms with van der Waals surface area (Å²) in [6, 6.07) is 7.82. The minimum absolute atomic E-state index is 0.146. The quantitative estimate of drug-likeness (QED) is 0.804. The van der Waals surface area contributed by atoms with Crippen LogP contribution in [0.5, 0.6) is 0 Å². The lowest BCUT2D eigenvalue weighted by molar-refractivity contribution is 0.0277. The smallest absolute Gasteiger partial charge is 0.194 e. The van der Waals surface area contributed by atoms with Crippen LogP contribution >= 0.6 is 0 Å². The van der Waals surface area contributed by atoms with Crippen LogP contribution < -0.4 is 0 Å². The predicted molar refractivity (Wildman–Crippen MR) is 72.9 cm³/mol. The third kappa shape index (κ3) is 2.35. The first kappa shape index (κ1) is 13.3. The average Bonchev–Trinajstić information content (AvgIpc) is 2.36. The average molecular weight is 246 g/mol. The molecule has 1 aliphatic carbocycles. The fraction of sp³-hybridized carbons (Fsp3) is 0.562. The lowest BCUT2D eigenvalue weighted by Crippen LogP contribution is -2.37. The monoisotopic (exact) mass is 246 g/mol. The largest absolute Gasteiger partial charge is 0.382 e. The van der Waals surface area contributed by atoms with E-state index in [1.807, 2.05) is 38.1 Å². The zero-order chi connectivity index (χ0) is 13.2. The summed E-state index contributed by atoms with van der Waals surface area (Å²) in [4.78, 5) is 12.2. The number of benzene rings is 1. The number of carbonyl (C=O) groups excluding carboxylic acids is 1. The van der Waals surface area contributed by atoms with E-state index in [0.29, 0.717) is 24.3 Å². The van der Waals surface area contributed by atoms with Gasteiger partial charge < -0.3 is 5.11 Å². The van der Waals surface area contributed by atoms with Gasteiger partial charge in [-0.15, -0.1) is 0 Å². The summed E-state index contributed by atoms with van der Waals surface area (Å²) in [5.41, 5.74) is 0.761. The highest BCUT2D eigenvalue weighted by atomic mass is 16.3. The van der Waals surface area contributed by atoms with Gasteiger partial charge in [0.1, 0.15) is 5.60 Å². The van der Waals surface area contributed by atoms with Gasteiger partial charge in [0, 0.05) is 5.56 Å². The lowest BCUT2D eigenvalue weighted by atomic mass is 9.79. The van der Waals surface area contributed by atoms with E-state index in [0.717, 1.165) is 0 Å². The Morgan fingerprint density at radius 2 is 1.78 bits per heavy atom. The molecule has 0 saturated heterocycles. The Bertz CT molecular complexity index is 411. The van der Waals surface area contributed by atoms with Crippen LogP contribution in [0.1, 0.15) is 67.8 Å². The summed E-state index contributed by atoms with van der Waals surface area (Å²) in [6.45, 7) is 3.70. The van der Waals surface area contributed by atoms with Crippen LogP contribution in [0, 0.1) is 0 Å². The molecule has 0 spiro atoms. The van der Waals surface area contributed by atoms with Gasteiger partial charge >= 0.3 is 0 Å². The third-order valence-electron chi connectivity index (χ3n) is 4.34. The molecule has 1 fully saturated rings. The first-order chi connectivity index (χ1) is 8.60. The van der Waals surface area contributed by atoms with E-state index < -0.39 is 5.60 Å². The second-order valence-electron chi connectivity index (χ2n) is 5.32. The first-order valence-electron chi connectivity index (χ1n) is 6.98. The standard InChI is InChI=1S/C16H22O2/c1-3-16(18,4-2)15(17)14-10-8-13(9-11-14)12-6-5-7-12/h8-12,18H,3-7H2,1-2H3. The molecule has 0 heterocycles. The van der Waals surface area contributed by atoms with Crippen molar-refractivity contribution >= 4 is 5.78 Å². The van der Waals surface area contributed by atoms with Gasteiger partial charge in [0.25, 0.3) is 0 Å². The zero-order valence-corrected chi connectivity index (χ0v) is 11.3. The van der Waals surface area contributed by atoms with Gasteiger partial charge in [0.2, 0.25) is 0 Å². The van der Waals surface area contributed by atoms with E-state index in [2.05, 4.69) is 0 Å². The molecule has 2 rings (SSSR count). The van der Waals surface area contributed by atoms with Crippen molar-refractivity contribution in [3.63, 3.8) is 0 Å². The van der Waals surface area contributed by atoms with Crippen LogP contribution in [-0.2, 0) is 0 Å². The molecule has 1 aromatic carbocycles. The molecule has 0 radical (unpaired) electrons. The molecule has 0 aliphatic heterocycles. The number of hydrogen-bond donors (Lipinski definition) is 1. The molecule has 0 unspecified atom stereocenters. The van der Waals surface area contributed by atoms with Gasteiger partial charge in [0.15, 0.2) is 5.78 Å². The normalized spacial score (nSPS) is 16.4. The number of ketones is 1. The van der Waals surface area contributed by atoms with E-state index in [1.54, 1.807) is 0 Å². The SMILES string of the molecule is CCC(O)(CC)C(=O)c1ccc(C2CCC2)cc1. The van der Waals surface area contributed by atoms with Crippen LogP contribution in [0.25, 0.3) is 0 Å². The summed E-state index contributed by atoms with van der Waals surface area (Å²) in [5, 5.41) is 10.2. The summed E-state index contributed by atoms with van der Waals surface area (Å²) >= 11 is 0. The number of hydrogen-bond acceptors (Lipinski definition) is 2. The van der Waals surface area contributed by atoms with Crippen LogP contribution in [0.3, 0.4) is 0 Å². The Labute approximate surface area is 109 Å². The van der Waals surface area contributed by atoms with E-state index in [1.165, 1.54) is 24.8 Å². The van der Waals surface area contributed by atoms with Crippen molar-refractivity contribution in [2.45, 2.75) is 57.5 Å². The van der Waals surface area contributed by atoms with Crippen LogP contribution in [0.15, 0.2) is 24.3 Å². The minimum Gasteiger partial charge on any atom is -0.382 e. The van der Waals surface area contributed by atoms with E-state index in [-0.39, 0.29) is 5.78 Å². The third-order valence-corrected chi connectivity index (χ3v) is 4.34. The second-order valence-corrected chi connectivity index (χ2v) is 5.32. The number of Topliss-reactive ketones (excluding diaryl/α,β-unsaturated/α-hetero) is 1. The second kappa shape index (κ2) is 5.23. The molecule has 0 amide bonds. The molecule has 1 aromatic rings. The van der Waals surface area contributed by atoms with Gasteiger partial charge in [-0.2, -0.15) is 0 Å². The van der Waals surface area contributed by atoms with E-state index in [4.69, 9.17) is 0 Å². The van der Waals surface area contributed by atoms with Crippen molar-refractivity contribution < 1.29 is 9.90 Å². The Hall–Kier alpha value is -1.15. The minimum atomic E-state index is -1.20. The molecule has 18 heavy (non-hydrogen) atoms. The summed E-state index contributed by atoms with van der Waals surface area (Å²) in [7, 11) is 0. The fourth-order valence-corrected chi connectivity index (χ4v) is 2.49. The van der Waals surface area contributed by atoms with Crippen molar-refractivity contribution in [1.82, 2.24) is 0 Å².